The summed E-state index contributed by atoms with van der Waals surface area (Å²) in [5, 5.41) is 3.43. The van der Waals surface area contributed by atoms with Gasteiger partial charge >= 0.3 is 0 Å². The zero-order valence-corrected chi connectivity index (χ0v) is 12.6. The molecule has 0 saturated carbocycles. The molecule has 1 aromatic rings. The second-order valence-electron chi connectivity index (χ2n) is 5.54. The van der Waals surface area contributed by atoms with Crippen molar-refractivity contribution in [2.45, 2.75) is 40.7 Å². The first-order valence-electron chi connectivity index (χ1n) is 6.93. The lowest BCUT2D eigenvalue weighted by atomic mass is 10.2. The molecule has 0 unspecified atom stereocenters. The topological polar surface area (TPSA) is 34.1 Å². The van der Waals surface area contributed by atoms with Crippen molar-refractivity contribution in [3.8, 4) is 5.88 Å². The van der Waals surface area contributed by atoms with Gasteiger partial charge in [0.2, 0.25) is 5.88 Å². The lowest BCUT2D eigenvalue weighted by molar-refractivity contribution is 0.308. The van der Waals surface area contributed by atoms with E-state index in [4.69, 9.17) is 4.74 Å². The Bertz CT molecular complexity index is 413. The van der Waals surface area contributed by atoms with Crippen molar-refractivity contribution in [2.75, 3.05) is 13.2 Å². The molecule has 106 valence electrons. The fourth-order valence-corrected chi connectivity index (χ4v) is 1.72. The SMILES string of the molecule is C=C(C)CCOc1cc(CNCC(C)C)cc(C)n1. The van der Waals surface area contributed by atoms with E-state index in [0.717, 1.165) is 30.8 Å². The minimum Gasteiger partial charge on any atom is -0.477 e. The molecule has 0 amide bonds. The molecule has 0 bridgehead atoms. The monoisotopic (exact) mass is 262 g/mol. The van der Waals surface area contributed by atoms with Gasteiger partial charge in [0.1, 0.15) is 0 Å². The van der Waals surface area contributed by atoms with E-state index >= 15 is 0 Å². The van der Waals surface area contributed by atoms with Gasteiger partial charge in [-0.3, -0.25) is 0 Å². The number of aromatic nitrogens is 1. The van der Waals surface area contributed by atoms with Crippen LogP contribution in [0.4, 0.5) is 0 Å². The average Bonchev–Trinajstić information content (AvgIpc) is 2.27. The van der Waals surface area contributed by atoms with Gasteiger partial charge in [0, 0.05) is 24.7 Å². The zero-order chi connectivity index (χ0) is 14.3. The third-order valence-corrected chi connectivity index (χ3v) is 2.65. The Hall–Kier alpha value is -1.35. The summed E-state index contributed by atoms with van der Waals surface area (Å²) in [6.45, 7) is 14.8. The molecule has 1 aromatic heterocycles. The summed E-state index contributed by atoms with van der Waals surface area (Å²) >= 11 is 0. The molecule has 19 heavy (non-hydrogen) atoms. The number of nitrogens with one attached hydrogen (secondary N) is 1. The second-order valence-corrected chi connectivity index (χ2v) is 5.54. The molecular formula is C16H26N2O. The summed E-state index contributed by atoms with van der Waals surface area (Å²) in [6.07, 6.45) is 0.872. The molecule has 0 fully saturated rings. The van der Waals surface area contributed by atoms with Crippen LogP contribution in [-0.2, 0) is 6.54 Å². The van der Waals surface area contributed by atoms with Crippen LogP contribution in [0.1, 0.15) is 38.4 Å². The quantitative estimate of drug-likeness (QED) is 0.728. The first kappa shape index (κ1) is 15.7. The van der Waals surface area contributed by atoms with E-state index in [1.54, 1.807) is 0 Å². The molecule has 1 rings (SSSR count). The number of nitrogens with zero attached hydrogens (tertiary/aromatic N) is 1. The summed E-state index contributed by atoms with van der Waals surface area (Å²) in [6, 6.07) is 4.11. The Morgan fingerprint density at radius 2 is 2.16 bits per heavy atom. The van der Waals surface area contributed by atoms with Gasteiger partial charge in [-0.2, -0.15) is 0 Å². The van der Waals surface area contributed by atoms with Gasteiger partial charge in [0.15, 0.2) is 0 Å². The Morgan fingerprint density at radius 3 is 2.79 bits per heavy atom. The molecule has 0 radical (unpaired) electrons. The minimum absolute atomic E-state index is 0.644. The van der Waals surface area contributed by atoms with Crippen LogP contribution in [-0.4, -0.2) is 18.1 Å². The summed E-state index contributed by atoms with van der Waals surface area (Å²) in [4.78, 5) is 4.39. The summed E-state index contributed by atoms with van der Waals surface area (Å²) < 4.78 is 5.67. The third-order valence-electron chi connectivity index (χ3n) is 2.65. The summed E-state index contributed by atoms with van der Waals surface area (Å²) in [5.41, 5.74) is 3.35. The van der Waals surface area contributed by atoms with Crippen molar-refractivity contribution in [1.82, 2.24) is 10.3 Å². The maximum atomic E-state index is 5.67. The predicted octanol–water partition coefficient (Wildman–Crippen LogP) is 3.48. The molecule has 0 aliphatic rings. The number of hydrogen-bond acceptors (Lipinski definition) is 3. The number of aryl methyl sites for hydroxylation is 1. The van der Waals surface area contributed by atoms with Crippen molar-refractivity contribution in [1.29, 1.82) is 0 Å². The minimum atomic E-state index is 0.644. The van der Waals surface area contributed by atoms with Crippen LogP contribution < -0.4 is 10.1 Å². The lowest BCUT2D eigenvalue weighted by Crippen LogP contribution is -2.19. The van der Waals surface area contributed by atoms with Crippen LogP contribution in [0.5, 0.6) is 5.88 Å². The number of hydrogen-bond donors (Lipinski definition) is 1. The highest BCUT2D eigenvalue weighted by Crippen LogP contribution is 2.13. The maximum absolute atomic E-state index is 5.67. The van der Waals surface area contributed by atoms with Gasteiger partial charge in [-0.25, -0.2) is 4.98 Å². The van der Waals surface area contributed by atoms with Gasteiger partial charge in [-0.05, 0) is 37.9 Å². The van der Waals surface area contributed by atoms with Crippen LogP contribution in [0.3, 0.4) is 0 Å². The molecule has 3 nitrogen and oxygen atoms in total. The van der Waals surface area contributed by atoms with E-state index in [1.165, 1.54) is 5.56 Å². The summed E-state index contributed by atoms with van der Waals surface area (Å²) in [5.74, 6) is 1.37. The van der Waals surface area contributed by atoms with E-state index in [-0.39, 0.29) is 0 Å². The largest absolute Gasteiger partial charge is 0.477 e. The van der Waals surface area contributed by atoms with Crippen LogP contribution >= 0.6 is 0 Å². The third kappa shape index (κ3) is 6.97. The molecule has 0 saturated heterocycles. The fraction of sp³-hybridized carbons (Fsp3) is 0.562. The molecular weight excluding hydrogens is 236 g/mol. The van der Waals surface area contributed by atoms with Crippen molar-refractivity contribution in [2.24, 2.45) is 5.92 Å². The Labute approximate surface area is 117 Å². The lowest BCUT2D eigenvalue weighted by Gasteiger charge is -2.10. The van der Waals surface area contributed by atoms with Gasteiger partial charge in [0.25, 0.3) is 0 Å². The van der Waals surface area contributed by atoms with E-state index in [0.29, 0.717) is 18.4 Å². The number of ether oxygens (including phenoxy) is 1. The number of rotatable bonds is 8. The highest BCUT2D eigenvalue weighted by atomic mass is 16.5. The first-order chi connectivity index (χ1) is 8.97. The van der Waals surface area contributed by atoms with Crippen molar-refractivity contribution in [3.63, 3.8) is 0 Å². The molecule has 3 heteroatoms. The normalized spacial score (nSPS) is 10.8. The van der Waals surface area contributed by atoms with Gasteiger partial charge in [-0.15, -0.1) is 6.58 Å². The van der Waals surface area contributed by atoms with E-state index in [1.807, 2.05) is 19.9 Å². The van der Waals surface area contributed by atoms with Crippen molar-refractivity contribution in [3.05, 3.63) is 35.5 Å². The average molecular weight is 262 g/mol. The highest BCUT2D eigenvalue weighted by molar-refractivity contribution is 5.24. The Kier molecular flexibility index (Phi) is 6.57. The van der Waals surface area contributed by atoms with E-state index in [9.17, 15) is 0 Å². The van der Waals surface area contributed by atoms with Gasteiger partial charge in [-0.1, -0.05) is 19.4 Å². The smallest absolute Gasteiger partial charge is 0.213 e. The van der Waals surface area contributed by atoms with Gasteiger partial charge < -0.3 is 10.1 Å². The van der Waals surface area contributed by atoms with Crippen LogP contribution in [0.25, 0.3) is 0 Å². The van der Waals surface area contributed by atoms with Crippen molar-refractivity contribution < 1.29 is 4.74 Å². The predicted molar refractivity (Wildman–Crippen MR) is 80.4 cm³/mol. The molecule has 0 aromatic carbocycles. The zero-order valence-electron chi connectivity index (χ0n) is 12.6. The maximum Gasteiger partial charge on any atom is 0.213 e. The molecule has 0 spiro atoms. The van der Waals surface area contributed by atoms with Crippen molar-refractivity contribution >= 4 is 0 Å². The van der Waals surface area contributed by atoms with Crippen LogP contribution in [0.15, 0.2) is 24.3 Å². The van der Waals surface area contributed by atoms with E-state index in [2.05, 4.69) is 36.8 Å². The first-order valence-corrected chi connectivity index (χ1v) is 6.93. The molecule has 1 N–H and O–H groups in total. The fourth-order valence-electron chi connectivity index (χ4n) is 1.72. The molecule has 0 aliphatic carbocycles. The molecule has 0 atom stereocenters. The number of pyridine rings is 1. The Balaban J connectivity index is 2.53. The summed E-state index contributed by atoms with van der Waals surface area (Å²) in [7, 11) is 0. The molecule has 0 aliphatic heterocycles. The van der Waals surface area contributed by atoms with Crippen LogP contribution in [0, 0.1) is 12.8 Å². The Morgan fingerprint density at radius 1 is 1.42 bits per heavy atom. The van der Waals surface area contributed by atoms with Gasteiger partial charge in [0.05, 0.1) is 6.61 Å². The standard InChI is InChI=1S/C16H26N2O/c1-12(2)6-7-19-16-9-15(8-14(5)18-16)11-17-10-13(3)4/h8-9,13,17H,1,6-7,10-11H2,2-5H3. The van der Waals surface area contributed by atoms with E-state index < -0.39 is 0 Å². The highest BCUT2D eigenvalue weighted by Gasteiger charge is 2.02. The van der Waals surface area contributed by atoms with Crippen LogP contribution in [0.2, 0.25) is 0 Å². The molecule has 1 heterocycles. The second kappa shape index (κ2) is 7.95.